The van der Waals surface area contributed by atoms with Gasteiger partial charge in [0.15, 0.2) is 23.0 Å². The standard InChI is InChI=1S/C18H19NO6/c1-21-14-8-11(9-15(22-2)17(14)23-3)19-18(20)16-10-24-12-6-4-5-7-13(12)25-16/h4-9,16H,10H2,1-3H3,(H,19,20). The minimum atomic E-state index is -0.756. The highest BCUT2D eigenvalue weighted by Crippen LogP contribution is 2.40. The van der Waals surface area contributed by atoms with Gasteiger partial charge in [-0.25, -0.2) is 0 Å². The Balaban J connectivity index is 1.77. The van der Waals surface area contributed by atoms with E-state index in [0.717, 1.165) is 0 Å². The van der Waals surface area contributed by atoms with Crippen molar-refractivity contribution in [1.82, 2.24) is 0 Å². The first-order chi connectivity index (χ1) is 12.2. The minimum Gasteiger partial charge on any atom is -0.493 e. The van der Waals surface area contributed by atoms with Crippen LogP contribution in [0, 0.1) is 0 Å². The Morgan fingerprint density at radius 2 is 1.68 bits per heavy atom. The lowest BCUT2D eigenvalue weighted by molar-refractivity contribution is -0.125. The summed E-state index contributed by atoms with van der Waals surface area (Å²) in [6, 6.07) is 10.5. The van der Waals surface area contributed by atoms with Crippen LogP contribution in [0.2, 0.25) is 0 Å². The zero-order valence-corrected chi connectivity index (χ0v) is 14.2. The molecule has 0 bridgehead atoms. The van der Waals surface area contributed by atoms with Crippen molar-refractivity contribution < 1.29 is 28.5 Å². The number of fused-ring (bicyclic) bond motifs is 1. The molecule has 7 heteroatoms. The number of rotatable bonds is 5. The zero-order chi connectivity index (χ0) is 17.8. The Kier molecular flexibility index (Phi) is 4.83. The van der Waals surface area contributed by atoms with Crippen LogP contribution >= 0.6 is 0 Å². The van der Waals surface area contributed by atoms with Gasteiger partial charge in [0.2, 0.25) is 11.9 Å². The summed E-state index contributed by atoms with van der Waals surface area (Å²) in [4.78, 5) is 12.5. The number of carbonyl (C=O) groups is 1. The number of methoxy groups -OCH3 is 3. The van der Waals surface area contributed by atoms with Crippen molar-refractivity contribution in [2.45, 2.75) is 6.10 Å². The predicted molar refractivity (Wildman–Crippen MR) is 91.1 cm³/mol. The molecular formula is C18H19NO6. The number of hydrogen-bond donors (Lipinski definition) is 1. The number of ether oxygens (including phenoxy) is 5. The molecule has 0 aliphatic carbocycles. The Hall–Kier alpha value is -3.09. The average molecular weight is 345 g/mol. The van der Waals surface area contributed by atoms with Gasteiger partial charge in [-0.2, -0.15) is 0 Å². The maximum atomic E-state index is 12.5. The molecule has 1 unspecified atom stereocenters. The highest BCUT2D eigenvalue weighted by atomic mass is 16.6. The number of para-hydroxylation sites is 2. The average Bonchev–Trinajstić information content (AvgIpc) is 2.66. The molecule has 1 amide bonds. The van der Waals surface area contributed by atoms with Gasteiger partial charge in [-0.15, -0.1) is 0 Å². The maximum Gasteiger partial charge on any atom is 0.269 e. The number of hydrogen-bond acceptors (Lipinski definition) is 6. The van der Waals surface area contributed by atoms with Gasteiger partial charge in [-0.3, -0.25) is 4.79 Å². The summed E-state index contributed by atoms with van der Waals surface area (Å²) in [6.07, 6.45) is -0.756. The number of carbonyl (C=O) groups excluding carboxylic acids is 1. The maximum absolute atomic E-state index is 12.5. The van der Waals surface area contributed by atoms with Crippen molar-refractivity contribution in [2.75, 3.05) is 33.3 Å². The molecule has 0 spiro atoms. The molecule has 1 heterocycles. The van der Waals surface area contributed by atoms with E-state index in [2.05, 4.69) is 5.32 Å². The zero-order valence-electron chi connectivity index (χ0n) is 14.2. The number of nitrogens with one attached hydrogen (secondary N) is 1. The van der Waals surface area contributed by atoms with Gasteiger partial charge in [-0.1, -0.05) is 12.1 Å². The van der Waals surface area contributed by atoms with E-state index in [4.69, 9.17) is 23.7 Å². The highest BCUT2D eigenvalue weighted by Gasteiger charge is 2.27. The lowest BCUT2D eigenvalue weighted by atomic mass is 10.2. The molecule has 0 aromatic heterocycles. The van der Waals surface area contributed by atoms with Crippen LogP contribution in [0.3, 0.4) is 0 Å². The summed E-state index contributed by atoms with van der Waals surface area (Å²) in [7, 11) is 4.54. The summed E-state index contributed by atoms with van der Waals surface area (Å²) in [5, 5.41) is 2.78. The molecule has 2 aromatic carbocycles. The lowest BCUT2D eigenvalue weighted by Gasteiger charge is -2.25. The van der Waals surface area contributed by atoms with Crippen molar-refractivity contribution in [2.24, 2.45) is 0 Å². The number of anilines is 1. The van der Waals surface area contributed by atoms with Crippen molar-refractivity contribution in [3.8, 4) is 28.7 Å². The molecule has 1 atom stereocenters. The fourth-order valence-electron chi connectivity index (χ4n) is 2.52. The van der Waals surface area contributed by atoms with Crippen molar-refractivity contribution in [1.29, 1.82) is 0 Å². The third-order valence-electron chi connectivity index (χ3n) is 3.73. The van der Waals surface area contributed by atoms with Crippen molar-refractivity contribution in [3.63, 3.8) is 0 Å². The molecule has 3 rings (SSSR count). The monoisotopic (exact) mass is 345 g/mol. The summed E-state index contributed by atoms with van der Waals surface area (Å²) < 4.78 is 27.1. The second-order valence-corrected chi connectivity index (χ2v) is 5.27. The first-order valence-corrected chi connectivity index (χ1v) is 7.65. The lowest BCUT2D eigenvalue weighted by Crippen LogP contribution is -2.40. The summed E-state index contributed by atoms with van der Waals surface area (Å²) in [6.45, 7) is 0.132. The van der Waals surface area contributed by atoms with Crippen LogP contribution in [0.25, 0.3) is 0 Å². The second kappa shape index (κ2) is 7.21. The molecule has 132 valence electrons. The third kappa shape index (κ3) is 3.40. The van der Waals surface area contributed by atoms with Gasteiger partial charge >= 0.3 is 0 Å². The molecule has 1 aliphatic rings. The normalized spacial score (nSPS) is 15.2. The van der Waals surface area contributed by atoms with E-state index in [-0.39, 0.29) is 12.5 Å². The Morgan fingerprint density at radius 1 is 1.04 bits per heavy atom. The smallest absolute Gasteiger partial charge is 0.269 e. The molecular weight excluding hydrogens is 326 g/mol. The largest absolute Gasteiger partial charge is 0.493 e. The van der Waals surface area contributed by atoms with E-state index in [9.17, 15) is 4.79 Å². The molecule has 0 radical (unpaired) electrons. The van der Waals surface area contributed by atoms with Crippen LogP contribution < -0.4 is 29.0 Å². The molecule has 1 N–H and O–H groups in total. The Labute approximate surface area is 145 Å². The Morgan fingerprint density at radius 3 is 2.28 bits per heavy atom. The minimum absolute atomic E-state index is 0.132. The fraction of sp³-hybridized carbons (Fsp3) is 0.278. The van der Waals surface area contributed by atoms with Crippen LogP contribution in [0.5, 0.6) is 28.7 Å². The van der Waals surface area contributed by atoms with E-state index < -0.39 is 6.10 Å². The van der Waals surface area contributed by atoms with Crippen LogP contribution in [-0.4, -0.2) is 39.9 Å². The van der Waals surface area contributed by atoms with E-state index in [0.29, 0.717) is 34.4 Å². The summed E-state index contributed by atoms with van der Waals surface area (Å²) in [5.41, 5.74) is 0.502. The molecule has 7 nitrogen and oxygen atoms in total. The molecule has 2 aromatic rings. The summed E-state index contributed by atoms with van der Waals surface area (Å²) >= 11 is 0. The third-order valence-corrected chi connectivity index (χ3v) is 3.73. The van der Waals surface area contributed by atoms with Crippen LogP contribution in [-0.2, 0) is 4.79 Å². The number of amides is 1. The topological polar surface area (TPSA) is 75.3 Å². The molecule has 25 heavy (non-hydrogen) atoms. The quantitative estimate of drug-likeness (QED) is 0.897. The van der Waals surface area contributed by atoms with Crippen LogP contribution in [0.4, 0.5) is 5.69 Å². The van der Waals surface area contributed by atoms with Gasteiger partial charge in [0.05, 0.1) is 21.3 Å². The van der Waals surface area contributed by atoms with Crippen LogP contribution in [0.1, 0.15) is 0 Å². The van der Waals surface area contributed by atoms with Gasteiger partial charge in [-0.05, 0) is 12.1 Å². The highest BCUT2D eigenvalue weighted by molar-refractivity contribution is 5.95. The van der Waals surface area contributed by atoms with E-state index in [1.165, 1.54) is 21.3 Å². The van der Waals surface area contributed by atoms with Gasteiger partial charge < -0.3 is 29.0 Å². The Bertz CT molecular complexity index is 751. The van der Waals surface area contributed by atoms with E-state index >= 15 is 0 Å². The first kappa shape index (κ1) is 16.8. The molecule has 0 saturated heterocycles. The second-order valence-electron chi connectivity index (χ2n) is 5.27. The van der Waals surface area contributed by atoms with E-state index in [1.54, 1.807) is 24.3 Å². The van der Waals surface area contributed by atoms with Crippen molar-refractivity contribution in [3.05, 3.63) is 36.4 Å². The molecule has 0 fully saturated rings. The van der Waals surface area contributed by atoms with Crippen LogP contribution in [0.15, 0.2) is 36.4 Å². The number of benzene rings is 2. The van der Waals surface area contributed by atoms with Gasteiger partial charge in [0, 0.05) is 17.8 Å². The predicted octanol–water partition coefficient (Wildman–Crippen LogP) is 2.49. The molecule has 0 saturated carbocycles. The van der Waals surface area contributed by atoms with Gasteiger partial charge in [0.25, 0.3) is 5.91 Å². The molecule has 1 aliphatic heterocycles. The SMILES string of the molecule is COc1cc(NC(=O)C2COc3ccccc3O2)cc(OC)c1OC. The fourth-order valence-corrected chi connectivity index (χ4v) is 2.52. The van der Waals surface area contributed by atoms with Gasteiger partial charge in [0.1, 0.15) is 6.61 Å². The first-order valence-electron chi connectivity index (χ1n) is 7.65. The van der Waals surface area contributed by atoms with Crippen molar-refractivity contribution >= 4 is 11.6 Å². The summed E-state index contributed by atoms with van der Waals surface area (Å²) in [5.74, 6) is 2.18. The van der Waals surface area contributed by atoms with E-state index in [1.807, 2.05) is 12.1 Å².